The molecule has 1 saturated heterocycles. The number of alkyl halides is 1. The van der Waals surface area contributed by atoms with E-state index in [1.165, 1.54) is 17.8 Å². The lowest BCUT2D eigenvalue weighted by atomic mass is 9.94. The van der Waals surface area contributed by atoms with Crippen molar-refractivity contribution in [2.45, 2.75) is 30.9 Å². The number of fused-ring (bicyclic) bond motifs is 1. The predicted molar refractivity (Wildman–Crippen MR) is 67.6 cm³/mol. The van der Waals surface area contributed by atoms with Gasteiger partial charge in [0, 0.05) is 0 Å². The molecule has 8 heteroatoms. The molecule has 4 N–H and O–H groups in total. The van der Waals surface area contributed by atoms with Gasteiger partial charge in [0.25, 0.3) is 0 Å². The number of rotatable bonds is 2. The van der Waals surface area contributed by atoms with Gasteiger partial charge in [-0.15, -0.1) is 0 Å². The first kappa shape index (κ1) is 13.2. The molecule has 0 amide bonds. The minimum atomic E-state index is -1.69. The summed E-state index contributed by atoms with van der Waals surface area (Å²) in [4.78, 5) is 3.86. The first-order valence-electron chi connectivity index (χ1n) is 6.18. The maximum Gasteiger partial charge on any atom is 0.163 e. The number of halogens is 1. The molecule has 0 saturated carbocycles. The SMILES string of the molecule is C[C@@]1(c2ccc3c(N)ncnn23)OC(CO)[C@@H](O)[C@H]1F. The summed E-state index contributed by atoms with van der Waals surface area (Å²) in [7, 11) is 0. The lowest BCUT2D eigenvalue weighted by Crippen LogP contribution is -2.36. The van der Waals surface area contributed by atoms with Crippen LogP contribution in [0.1, 0.15) is 12.6 Å². The van der Waals surface area contributed by atoms with E-state index in [1.54, 1.807) is 12.1 Å². The Morgan fingerprint density at radius 3 is 2.95 bits per heavy atom. The van der Waals surface area contributed by atoms with Gasteiger partial charge in [-0.05, 0) is 19.1 Å². The van der Waals surface area contributed by atoms with Crippen LogP contribution in [0.3, 0.4) is 0 Å². The van der Waals surface area contributed by atoms with Crippen molar-refractivity contribution in [1.82, 2.24) is 14.6 Å². The summed E-state index contributed by atoms with van der Waals surface area (Å²) in [6.07, 6.45) is -2.79. The van der Waals surface area contributed by atoms with E-state index < -0.39 is 30.6 Å². The Hall–Kier alpha value is -1.77. The molecular weight excluding hydrogens is 267 g/mol. The minimum Gasteiger partial charge on any atom is -0.394 e. The third kappa shape index (κ3) is 1.62. The number of nitrogen functional groups attached to an aromatic ring is 1. The average Bonchev–Trinajstić information content (AvgIpc) is 2.96. The van der Waals surface area contributed by atoms with Crippen LogP contribution in [-0.4, -0.2) is 49.8 Å². The molecule has 1 aliphatic rings. The van der Waals surface area contributed by atoms with Gasteiger partial charge in [0.2, 0.25) is 0 Å². The summed E-state index contributed by atoms with van der Waals surface area (Å²) in [5.74, 6) is 0.266. The fourth-order valence-corrected chi connectivity index (χ4v) is 2.64. The third-order valence-corrected chi connectivity index (χ3v) is 3.77. The van der Waals surface area contributed by atoms with Crippen LogP contribution in [0, 0.1) is 0 Å². The van der Waals surface area contributed by atoms with Gasteiger partial charge in [0.15, 0.2) is 12.0 Å². The van der Waals surface area contributed by atoms with Crippen molar-refractivity contribution in [3.05, 3.63) is 24.2 Å². The highest BCUT2D eigenvalue weighted by atomic mass is 19.1. The highest BCUT2D eigenvalue weighted by Gasteiger charge is 2.54. The fraction of sp³-hybridized carbons (Fsp3) is 0.500. The van der Waals surface area contributed by atoms with E-state index >= 15 is 0 Å². The molecular formula is C12H15FN4O3. The van der Waals surface area contributed by atoms with Crippen LogP contribution in [0.2, 0.25) is 0 Å². The molecule has 2 aromatic heterocycles. The highest BCUT2D eigenvalue weighted by Crippen LogP contribution is 2.41. The van der Waals surface area contributed by atoms with E-state index in [1.807, 2.05) is 0 Å². The topological polar surface area (TPSA) is 106 Å². The smallest absolute Gasteiger partial charge is 0.163 e. The number of aliphatic hydroxyl groups is 2. The number of hydrogen-bond donors (Lipinski definition) is 3. The summed E-state index contributed by atoms with van der Waals surface area (Å²) in [6, 6.07) is 3.28. The van der Waals surface area contributed by atoms with Gasteiger partial charge < -0.3 is 20.7 Å². The first-order valence-corrected chi connectivity index (χ1v) is 6.18. The number of ether oxygens (including phenoxy) is 1. The molecule has 0 bridgehead atoms. The van der Waals surface area contributed by atoms with Crippen LogP contribution in [-0.2, 0) is 10.3 Å². The number of aromatic nitrogens is 3. The zero-order valence-corrected chi connectivity index (χ0v) is 10.8. The zero-order valence-electron chi connectivity index (χ0n) is 10.8. The second-order valence-corrected chi connectivity index (χ2v) is 5.00. The van der Waals surface area contributed by atoms with Crippen molar-refractivity contribution >= 4 is 11.3 Å². The quantitative estimate of drug-likeness (QED) is 0.693. The largest absolute Gasteiger partial charge is 0.394 e. The van der Waals surface area contributed by atoms with Crippen molar-refractivity contribution in [2.24, 2.45) is 0 Å². The van der Waals surface area contributed by atoms with E-state index in [2.05, 4.69) is 10.1 Å². The van der Waals surface area contributed by atoms with E-state index in [-0.39, 0.29) is 5.82 Å². The van der Waals surface area contributed by atoms with Gasteiger partial charge in [0.1, 0.15) is 29.7 Å². The van der Waals surface area contributed by atoms with Crippen molar-refractivity contribution in [2.75, 3.05) is 12.3 Å². The molecule has 0 spiro atoms. The molecule has 7 nitrogen and oxygen atoms in total. The van der Waals surface area contributed by atoms with Crippen molar-refractivity contribution < 1.29 is 19.3 Å². The van der Waals surface area contributed by atoms with Crippen LogP contribution in [0.15, 0.2) is 18.5 Å². The molecule has 2 aromatic rings. The van der Waals surface area contributed by atoms with Crippen LogP contribution in [0.5, 0.6) is 0 Å². The normalized spacial score (nSPS) is 33.9. The van der Waals surface area contributed by atoms with E-state index in [0.717, 1.165) is 0 Å². The highest BCUT2D eigenvalue weighted by molar-refractivity contribution is 5.65. The minimum absolute atomic E-state index is 0.266. The zero-order chi connectivity index (χ0) is 14.5. The van der Waals surface area contributed by atoms with Gasteiger partial charge in [-0.3, -0.25) is 0 Å². The maximum absolute atomic E-state index is 14.4. The summed E-state index contributed by atoms with van der Waals surface area (Å²) >= 11 is 0. The van der Waals surface area contributed by atoms with Crippen LogP contribution in [0.25, 0.3) is 5.52 Å². The molecule has 20 heavy (non-hydrogen) atoms. The predicted octanol–water partition coefficient (Wildman–Crippen LogP) is -0.383. The molecule has 1 aliphatic heterocycles. The summed E-state index contributed by atoms with van der Waals surface area (Å²) in [5, 5.41) is 23.0. The molecule has 3 rings (SSSR count). The van der Waals surface area contributed by atoms with Crippen LogP contribution < -0.4 is 5.73 Å². The lowest BCUT2D eigenvalue weighted by Gasteiger charge is -2.25. The Morgan fingerprint density at radius 1 is 1.55 bits per heavy atom. The fourth-order valence-electron chi connectivity index (χ4n) is 2.64. The Bertz CT molecular complexity index is 649. The van der Waals surface area contributed by atoms with Gasteiger partial charge in [0.05, 0.1) is 12.3 Å². The van der Waals surface area contributed by atoms with Crippen molar-refractivity contribution in [3.63, 3.8) is 0 Å². The molecule has 1 fully saturated rings. The van der Waals surface area contributed by atoms with E-state index in [9.17, 15) is 9.50 Å². The third-order valence-electron chi connectivity index (χ3n) is 3.77. The van der Waals surface area contributed by atoms with Gasteiger partial charge >= 0.3 is 0 Å². The van der Waals surface area contributed by atoms with Gasteiger partial charge in [-0.2, -0.15) is 5.10 Å². The molecule has 4 atom stereocenters. The number of aliphatic hydroxyl groups excluding tert-OH is 2. The van der Waals surface area contributed by atoms with E-state index in [0.29, 0.717) is 11.2 Å². The van der Waals surface area contributed by atoms with Crippen LogP contribution in [0.4, 0.5) is 10.2 Å². The number of anilines is 1. The molecule has 108 valence electrons. The summed E-state index contributed by atoms with van der Waals surface area (Å²) in [6.45, 7) is 1.05. The standard InChI is InChI=1S/C12H15FN4O3/c1-12(10(13)9(19)7(4-18)20-12)8-3-2-6-11(14)15-5-16-17(6)8/h2-3,5,7,9-10,18-19H,4H2,1H3,(H2,14,15,16)/t7?,9-,10-,12+/m1/s1. The van der Waals surface area contributed by atoms with Crippen molar-refractivity contribution in [1.29, 1.82) is 0 Å². The second kappa shape index (κ2) is 4.37. The van der Waals surface area contributed by atoms with Crippen molar-refractivity contribution in [3.8, 4) is 0 Å². The molecule has 0 aromatic carbocycles. The summed E-state index contributed by atoms with van der Waals surface area (Å²) in [5.41, 5.74) is 5.25. The molecule has 1 unspecified atom stereocenters. The number of hydrogen-bond acceptors (Lipinski definition) is 6. The monoisotopic (exact) mass is 282 g/mol. The number of nitrogens with two attached hydrogens (primary N) is 1. The Labute approximate surface area is 113 Å². The second-order valence-electron chi connectivity index (χ2n) is 5.00. The maximum atomic E-state index is 14.4. The first-order chi connectivity index (χ1) is 9.49. The molecule has 0 aliphatic carbocycles. The lowest BCUT2D eigenvalue weighted by molar-refractivity contribution is -0.0780. The Morgan fingerprint density at radius 2 is 2.30 bits per heavy atom. The van der Waals surface area contributed by atoms with Gasteiger partial charge in [-0.1, -0.05) is 0 Å². The van der Waals surface area contributed by atoms with E-state index in [4.69, 9.17) is 15.6 Å². The summed E-state index contributed by atoms with van der Waals surface area (Å²) < 4.78 is 21.4. The van der Waals surface area contributed by atoms with Gasteiger partial charge in [-0.25, -0.2) is 13.9 Å². The Kier molecular flexibility index (Phi) is 2.89. The number of nitrogens with zero attached hydrogens (tertiary/aromatic N) is 3. The average molecular weight is 282 g/mol. The molecule has 0 radical (unpaired) electrons. The van der Waals surface area contributed by atoms with Crippen LogP contribution >= 0.6 is 0 Å². The molecule has 3 heterocycles. The Balaban J connectivity index is 2.13.